The highest BCUT2D eigenvalue weighted by Crippen LogP contribution is 2.01. The van der Waals surface area contributed by atoms with Gasteiger partial charge in [-0.3, -0.25) is 4.68 Å². The number of methoxy groups -OCH3 is 1. The fourth-order valence-electron chi connectivity index (χ4n) is 1.03. The topological polar surface area (TPSA) is 47.3 Å². The Bertz CT molecular complexity index is 231. The molecular weight excluding hydrogens is 156 g/mol. The first kappa shape index (κ1) is 9.22. The second kappa shape index (κ2) is 4.23. The lowest BCUT2D eigenvalue weighted by atomic mass is 10.2. The quantitative estimate of drug-likeness (QED) is 0.690. The van der Waals surface area contributed by atoms with E-state index < -0.39 is 0 Å². The standard InChI is InChI=1S/C8H14N2O2/c1-10-4-3-7(9-10)5-8(6-11)12-2/h3-4,8,11H,5-6H2,1-2H3. The molecular formula is C8H14N2O2. The Morgan fingerprint density at radius 1 is 1.75 bits per heavy atom. The predicted octanol–water partition coefficient (Wildman–Crippen LogP) is -0.0301. The molecule has 1 N–H and O–H groups in total. The van der Waals surface area contributed by atoms with Crippen LogP contribution in [-0.2, 0) is 18.2 Å². The van der Waals surface area contributed by atoms with Crippen LogP contribution in [0.25, 0.3) is 0 Å². The Morgan fingerprint density at radius 2 is 2.50 bits per heavy atom. The lowest BCUT2D eigenvalue weighted by molar-refractivity contribution is 0.0487. The summed E-state index contributed by atoms with van der Waals surface area (Å²) < 4.78 is 6.75. The molecule has 1 aromatic heterocycles. The molecule has 0 aliphatic heterocycles. The molecule has 4 heteroatoms. The summed E-state index contributed by atoms with van der Waals surface area (Å²) in [6, 6.07) is 1.92. The van der Waals surface area contributed by atoms with Crippen molar-refractivity contribution in [1.29, 1.82) is 0 Å². The van der Waals surface area contributed by atoms with Crippen molar-refractivity contribution in [2.75, 3.05) is 13.7 Å². The molecule has 0 aliphatic rings. The van der Waals surface area contributed by atoms with Crippen molar-refractivity contribution in [3.05, 3.63) is 18.0 Å². The monoisotopic (exact) mass is 170 g/mol. The van der Waals surface area contributed by atoms with Gasteiger partial charge in [-0.05, 0) is 6.07 Å². The van der Waals surface area contributed by atoms with Crippen LogP contribution in [0, 0.1) is 0 Å². The zero-order valence-corrected chi connectivity index (χ0v) is 7.40. The van der Waals surface area contributed by atoms with E-state index in [1.165, 1.54) is 0 Å². The largest absolute Gasteiger partial charge is 0.394 e. The molecule has 0 bridgehead atoms. The Morgan fingerprint density at radius 3 is 2.92 bits per heavy atom. The molecule has 0 radical (unpaired) electrons. The van der Waals surface area contributed by atoms with Crippen molar-refractivity contribution in [3.8, 4) is 0 Å². The number of aliphatic hydroxyl groups excluding tert-OH is 1. The molecule has 1 atom stereocenters. The SMILES string of the molecule is COC(CO)Cc1ccn(C)n1. The van der Waals surface area contributed by atoms with Gasteiger partial charge in [-0.1, -0.05) is 0 Å². The summed E-state index contributed by atoms with van der Waals surface area (Å²) in [4.78, 5) is 0. The van der Waals surface area contributed by atoms with Crippen molar-refractivity contribution >= 4 is 0 Å². The van der Waals surface area contributed by atoms with Crippen molar-refractivity contribution in [2.45, 2.75) is 12.5 Å². The van der Waals surface area contributed by atoms with Crippen LogP contribution in [0.15, 0.2) is 12.3 Å². The summed E-state index contributed by atoms with van der Waals surface area (Å²) in [7, 11) is 3.45. The third kappa shape index (κ3) is 2.32. The highest BCUT2D eigenvalue weighted by atomic mass is 16.5. The fraction of sp³-hybridized carbons (Fsp3) is 0.625. The van der Waals surface area contributed by atoms with Crippen LogP contribution in [0.2, 0.25) is 0 Å². The van der Waals surface area contributed by atoms with E-state index in [9.17, 15) is 0 Å². The molecule has 0 aromatic carbocycles. The van der Waals surface area contributed by atoms with Gasteiger partial charge in [0.15, 0.2) is 0 Å². The normalized spacial score (nSPS) is 13.2. The number of hydrogen-bond donors (Lipinski definition) is 1. The van der Waals surface area contributed by atoms with Gasteiger partial charge in [0.25, 0.3) is 0 Å². The predicted molar refractivity (Wildman–Crippen MR) is 44.8 cm³/mol. The molecule has 1 heterocycles. The van der Waals surface area contributed by atoms with Gasteiger partial charge >= 0.3 is 0 Å². The van der Waals surface area contributed by atoms with Gasteiger partial charge in [0.2, 0.25) is 0 Å². The number of rotatable bonds is 4. The van der Waals surface area contributed by atoms with E-state index in [4.69, 9.17) is 9.84 Å². The van der Waals surface area contributed by atoms with Gasteiger partial charge in [0, 0.05) is 26.8 Å². The minimum Gasteiger partial charge on any atom is -0.394 e. The van der Waals surface area contributed by atoms with Crippen molar-refractivity contribution < 1.29 is 9.84 Å². The highest BCUT2D eigenvalue weighted by molar-refractivity contribution is 5.00. The Hall–Kier alpha value is -0.870. The number of aromatic nitrogens is 2. The number of aryl methyl sites for hydroxylation is 1. The maximum atomic E-state index is 8.83. The first-order valence-electron chi connectivity index (χ1n) is 3.88. The minimum absolute atomic E-state index is 0.0348. The van der Waals surface area contributed by atoms with Gasteiger partial charge in [-0.2, -0.15) is 5.10 Å². The molecule has 4 nitrogen and oxygen atoms in total. The maximum absolute atomic E-state index is 8.83. The van der Waals surface area contributed by atoms with Crippen molar-refractivity contribution in [1.82, 2.24) is 9.78 Å². The molecule has 12 heavy (non-hydrogen) atoms. The average molecular weight is 170 g/mol. The average Bonchev–Trinajstić information content (AvgIpc) is 2.47. The van der Waals surface area contributed by atoms with E-state index >= 15 is 0 Å². The summed E-state index contributed by atoms with van der Waals surface area (Å²) in [5, 5.41) is 13.0. The molecule has 0 amide bonds. The van der Waals surface area contributed by atoms with Crippen LogP contribution in [-0.4, -0.2) is 34.7 Å². The number of hydrogen-bond acceptors (Lipinski definition) is 3. The maximum Gasteiger partial charge on any atom is 0.0857 e. The summed E-state index contributed by atoms with van der Waals surface area (Å²) in [6.45, 7) is 0.0348. The molecule has 0 saturated heterocycles. The third-order valence-electron chi connectivity index (χ3n) is 1.74. The smallest absolute Gasteiger partial charge is 0.0857 e. The molecule has 68 valence electrons. The van der Waals surface area contributed by atoms with E-state index in [0.717, 1.165) is 5.69 Å². The van der Waals surface area contributed by atoms with Crippen LogP contribution in [0.3, 0.4) is 0 Å². The first-order chi connectivity index (χ1) is 5.76. The summed E-state index contributed by atoms with van der Waals surface area (Å²) in [5.74, 6) is 0. The van der Waals surface area contributed by atoms with Crippen LogP contribution in [0.1, 0.15) is 5.69 Å². The second-order valence-corrected chi connectivity index (χ2v) is 2.73. The lowest BCUT2D eigenvalue weighted by Gasteiger charge is -2.09. The zero-order chi connectivity index (χ0) is 8.97. The zero-order valence-electron chi connectivity index (χ0n) is 7.40. The van der Waals surface area contributed by atoms with E-state index in [0.29, 0.717) is 6.42 Å². The van der Waals surface area contributed by atoms with E-state index in [2.05, 4.69) is 5.10 Å². The minimum atomic E-state index is -0.139. The third-order valence-corrected chi connectivity index (χ3v) is 1.74. The van der Waals surface area contributed by atoms with Gasteiger partial charge < -0.3 is 9.84 Å². The Kier molecular flexibility index (Phi) is 3.25. The second-order valence-electron chi connectivity index (χ2n) is 2.73. The molecule has 0 fully saturated rings. The van der Waals surface area contributed by atoms with Gasteiger partial charge in [-0.15, -0.1) is 0 Å². The number of aliphatic hydroxyl groups is 1. The molecule has 0 saturated carbocycles. The van der Waals surface area contributed by atoms with Crippen LogP contribution in [0.4, 0.5) is 0 Å². The summed E-state index contributed by atoms with van der Waals surface area (Å²) >= 11 is 0. The highest BCUT2D eigenvalue weighted by Gasteiger charge is 2.07. The number of nitrogens with zero attached hydrogens (tertiary/aromatic N) is 2. The molecule has 1 aromatic rings. The summed E-state index contributed by atoms with van der Waals surface area (Å²) in [6.07, 6.45) is 2.40. The van der Waals surface area contributed by atoms with Gasteiger partial charge in [0.1, 0.15) is 0 Å². The molecule has 1 unspecified atom stereocenters. The van der Waals surface area contributed by atoms with Gasteiger partial charge in [-0.25, -0.2) is 0 Å². The summed E-state index contributed by atoms with van der Waals surface area (Å²) in [5.41, 5.74) is 0.943. The van der Waals surface area contributed by atoms with Crippen molar-refractivity contribution in [2.24, 2.45) is 7.05 Å². The van der Waals surface area contributed by atoms with Crippen LogP contribution < -0.4 is 0 Å². The Balaban J connectivity index is 2.50. The molecule has 0 aliphatic carbocycles. The fourth-order valence-corrected chi connectivity index (χ4v) is 1.03. The van der Waals surface area contributed by atoms with Gasteiger partial charge in [0.05, 0.1) is 18.4 Å². The van der Waals surface area contributed by atoms with Crippen LogP contribution >= 0.6 is 0 Å². The van der Waals surface area contributed by atoms with Crippen LogP contribution in [0.5, 0.6) is 0 Å². The lowest BCUT2D eigenvalue weighted by Crippen LogP contribution is -2.18. The first-order valence-corrected chi connectivity index (χ1v) is 3.88. The molecule has 1 rings (SSSR count). The Labute approximate surface area is 71.8 Å². The van der Waals surface area contributed by atoms with E-state index in [-0.39, 0.29) is 12.7 Å². The van der Waals surface area contributed by atoms with E-state index in [1.54, 1.807) is 11.8 Å². The number of ether oxygens (including phenoxy) is 1. The molecule has 0 spiro atoms. The van der Waals surface area contributed by atoms with Crippen molar-refractivity contribution in [3.63, 3.8) is 0 Å². The van der Waals surface area contributed by atoms with E-state index in [1.807, 2.05) is 19.3 Å².